The lowest BCUT2D eigenvalue weighted by Crippen LogP contribution is -2.53. The summed E-state index contributed by atoms with van der Waals surface area (Å²) in [6, 6.07) is 2.21. The summed E-state index contributed by atoms with van der Waals surface area (Å²) in [5.41, 5.74) is 0. The zero-order valence-electron chi connectivity index (χ0n) is 15.3. The quantitative estimate of drug-likeness (QED) is 0.546. The fraction of sp³-hybridized carbons (Fsp3) is 1.00. The molecule has 0 unspecified atom stereocenters. The predicted octanol–water partition coefficient (Wildman–Crippen LogP) is 5.00. The van der Waals surface area contributed by atoms with Crippen molar-refractivity contribution in [2.24, 2.45) is 0 Å². The molecule has 0 aliphatic carbocycles. The molecule has 0 aliphatic heterocycles. The largest absolute Gasteiger partial charge is 0.437 e. The first kappa shape index (κ1) is 20.7. The molecule has 0 rings (SSSR count). The maximum atomic E-state index is 6.53. The minimum Gasteiger partial charge on any atom is -0.437 e. The first-order valence-electron chi connectivity index (χ1n) is 7.72. The summed E-state index contributed by atoms with van der Waals surface area (Å²) in [6.45, 7) is 23.3. The fourth-order valence-electron chi connectivity index (χ4n) is 2.41. The summed E-state index contributed by atoms with van der Waals surface area (Å²) in [6.07, 6.45) is 0. The van der Waals surface area contributed by atoms with Crippen LogP contribution in [0.5, 0.6) is 0 Å². The summed E-state index contributed by atoms with van der Waals surface area (Å²) in [4.78, 5) is 0. The van der Waals surface area contributed by atoms with Crippen LogP contribution in [0.3, 0.4) is 0 Å². The second-order valence-corrected chi connectivity index (χ2v) is 25.4. The van der Waals surface area contributed by atoms with Gasteiger partial charge in [0, 0.05) is 6.61 Å². The molecular formula is C13H36O3Si4. The average Bonchev–Trinajstić information content (AvgIpc) is 2.08. The fourth-order valence-corrected chi connectivity index (χ4v) is 19.3. The summed E-state index contributed by atoms with van der Waals surface area (Å²) >= 11 is 0. The molecule has 0 spiro atoms. The van der Waals surface area contributed by atoms with Gasteiger partial charge in [-0.25, -0.2) is 0 Å². The van der Waals surface area contributed by atoms with Crippen molar-refractivity contribution in [2.45, 2.75) is 77.9 Å². The Hall–Kier alpha value is 0.748. The van der Waals surface area contributed by atoms with Crippen molar-refractivity contribution in [3.63, 3.8) is 0 Å². The maximum absolute atomic E-state index is 6.53. The normalized spacial score (nSPS) is 14.7. The monoisotopic (exact) mass is 352 g/mol. The Morgan fingerprint density at radius 2 is 1.05 bits per heavy atom. The summed E-state index contributed by atoms with van der Waals surface area (Å²) in [7, 11) is -6.79. The second kappa shape index (κ2) is 7.34. The molecule has 0 aromatic rings. The van der Waals surface area contributed by atoms with E-state index in [1.165, 1.54) is 0 Å². The molecule has 0 bridgehead atoms. The highest BCUT2D eigenvalue weighted by molar-refractivity contribution is 6.88. The minimum atomic E-state index is -2.08. The van der Waals surface area contributed by atoms with Crippen molar-refractivity contribution in [2.75, 3.05) is 6.61 Å². The molecule has 0 atom stereocenters. The van der Waals surface area contributed by atoms with Crippen LogP contribution in [0.25, 0.3) is 0 Å². The Kier molecular flexibility index (Phi) is 7.62. The highest BCUT2D eigenvalue weighted by Gasteiger charge is 2.41. The topological polar surface area (TPSA) is 27.7 Å². The van der Waals surface area contributed by atoms with Gasteiger partial charge in [0.1, 0.15) is 0 Å². The Balaban J connectivity index is 4.86. The van der Waals surface area contributed by atoms with Crippen LogP contribution in [-0.2, 0) is 12.7 Å². The van der Waals surface area contributed by atoms with Crippen molar-refractivity contribution < 1.29 is 12.7 Å². The first-order chi connectivity index (χ1) is 8.68. The zero-order chi connectivity index (χ0) is 16.2. The highest BCUT2D eigenvalue weighted by atomic mass is 28.5. The van der Waals surface area contributed by atoms with E-state index in [0.717, 1.165) is 18.7 Å². The van der Waals surface area contributed by atoms with Gasteiger partial charge in [0.2, 0.25) is 0 Å². The SMILES string of the molecule is CCO[Si](C)(C)CC[Si](C)(O[Si](C)(C)C)O[Si](C)(C)C. The van der Waals surface area contributed by atoms with E-state index in [-0.39, 0.29) is 0 Å². The van der Waals surface area contributed by atoms with E-state index in [1.54, 1.807) is 0 Å². The molecule has 3 nitrogen and oxygen atoms in total. The van der Waals surface area contributed by atoms with Gasteiger partial charge in [0.15, 0.2) is 25.0 Å². The van der Waals surface area contributed by atoms with Crippen molar-refractivity contribution in [1.82, 2.24) is 0 Å². The van der Waals surface area contributed by atoms with Gasteiger partial charge in [0.05, 0.1) is 0 Å². The zero-order valence-corrected chi connectivity index (χ0v) is 19.3. The Labute approximate surface area is 131 Å². The van der Waals surface area contributed by atoms with E-state index in [0.29, 0.717) is 0 Å². The molecule has 0 heterocycles. The third kappa shape index (κ3) is 10.5. The van der Waals surface area contributed by atoms with Crippen molar-refractivity contribution in [3.05, 3.63) is 0 Å². The smallest absolute Gasteiger partial charge is 0.314 e. The summed E-state index contributed by atoms with van der Waals surface area (Å²) < 4.78 is 19.0. The lowest BCUT2D eigenvalue weighted by atomic mass is 10.9. The van der Waals surface area contributed by atoms with Crippen molar-refractivity contribution >= 4 is 33.5 Å². The molecule has 0 aliphatic rings. The lowest BCUT2D eigenvalue weighted by Gasteiger charge is -2.39. The van der Waals surface area contributed by atoms with E-state index in [4.69, 9.17) is 12.7 Å². The van der Waals surface area contributed by atoms with Gasteiger partial charge in [-0.1, -0.05) is 0 Å². The summed E-state index contributed by atoms with van der Waals surface area (Å²) in [5.74, 6) is 0. The number of rotatable bonds is 9. The van der Waals surface area contributed by atoms with Gasteiger partial charge in [-0.15, -0.1) is 0 Å². The molecule has 122 valence electrons. The Bertz CT molecular complexity index is 279. The molecule has 0 aromatic heterocycles. The van der Waals surface area contributed by atoms with Gasteiger partial charge in [0.25, 0.3) is 0 Å². The Morgan fingerprint density at radius 1 is 0.650 bits per heavy atom. The van der Waals surface area contributed by atoms with E-state index in [9.17, 15) is 0 Å². The second-order valence-electron chi connectivity index (χ2n) is 8.26. The van der Waals surface area contributed by atoms with Crippen LogP contribution >= 0.6 is 0 Å². The van der Waals surface area contributed by atoms with Crippen molar-refractivity contribution in [1.29, 1.82) is 0 Å². The van der Waals surface area contributed by atoms with Crippen LogP contribution in [0, 0.1) is 0 Å². The van der Waals surface area contributed by atoms with Gasteiger partial charge < -0.3 is 12.7 Å². The molecule has 0 amide bonds. The molecule has 0 saturated carbocycles. The van der Waals surface area contributed by atoms with E-state index < -0.39 is 33.5 Å². The number of hydrogen-bond donors (Lipinski definition) is 0. The number of hydrogen-bond acceptors (Lipinski definition) is 3. The van der Waals surface area contributed by atoms with Crippen LogP contribution in [0.1, 0.15) is 6.92 Å². The van der Waals surface area contributed by atoms with Crippen LogP contribution in [0.15, 0.2) is 0 Å². The average molecular weight is 353 g/mol. The molecule has 0 radical (unpaired) electrons. The van der Waals surface area contributed by atoms with E-state index in [2.05, 4.69) is 65.8 Å². The van der Waals surface area contributed by atoms with Gasteiger partial charge in [-0.2, -0.15) is 0 Å². The first-order valence-corrected chi connectivity index (χ1v) is 20.2. The van der Waals surface area contributed by atoms with Gasteiger partial charge in [-0.3, -0.25) is 0 Å². The van der Waals surface area contributed by atoms with Crippen LogP contribution < -0.4 is 0 Å². The lowest BCUT2D eigenvalue weighted by molar-refractivity contribution is 0.327. The molecule has 20 heavy (non-hydrogen) atoms. The van der Waals surface area contributed by atoms with Crippen LogP contribution in [0.4, 0.5) is 0 Å². The van der Waals surface area contributed by atoms with Crippen LogP contribution in [-0.4, -0.2) is 40.1 Å². The minimum absolute atomic E-state index is 0.821. The van der Waals surface area contributed by atoms with E-state index >= 15 is 0 Å². The predicted molar refractivity (Wildman–Crippen MR) is 99.2 cm³/mol. The molecular weight excluding hydrogens is 316 g/mol. The Morgan fingerprint density at radius 3 is 1.35 bits per heavy atom. The molecule has 0 N–H and O–H groups in total. The molecule has 0 fully saturated rings. The summed E-state index contributed by atoms with van der Waals surface area (Å²) in [5, 5.41) is 0. The standard InChI is InChI=1S/C13H36O3Si4/c1-11-14-19(8,9)12-13-20(10,15-17(2,3)4)16-18(5,6)7/h11-13H2,1-10H3. The maximum Gasteiger partial charge on any atom is 0.314 e. The van der Waals surface area contributed by atoms with Crippen molar-refractivity contribution in [3.8, 4) is 0 Å². The van der Waals surface area contributed by atoms with Gasteiger partial charge >= 0.3 is 8.56 Å². The van der Waals surface area contributed by atoms with Gasteiger partial charge in [-0.05, 0) is 77.9 Å². The van der Waals surface area contributed by atoms with E-state index in [1.807, 2.05) is 0 Å². The highest BCUT2D eigenvalue weighted by Crippen LogP contribution is 2.28. The molecule has 7 heteroatoms. The molecule has 0 saturated heterocycles. The third-order valence-corrected chi connectivity index (χ3v) is 15.3. The molecule has 0 aromatic carbocycles. The third-order valence-electron chi connectivity index (χ3n) is 2.76. The van der Waals surface area contributed by atoms with Crippen LogP contribution in [0.2, 0.25) is 71.0 Å².